The van der Waals surface area contributed by atoms with E-state index in [9.17, 15) is 9.18 Å². The Kier molecular flexibility index (Phi) is 5.17. The van der Waals surface area contributed by atoms with Gasteiger partial charge in [-0.3, -0.25) is 4.79 Å². The first-order valence-corrected chi connectivity index (χ1v) is 6.94. The number of carbonyl (C=O) groups is 1. The van der Waals surface area contributed by atoms with Crippen LogP contribution in [0.5, 0.6) is 0 Å². The molecule has 3 nitrogen and oxygen atoms in total. The molecule has 0 heterocycles. The quantitative estimate of drug-likeness (QED) is 0.887. The van der Waals surface area contributed by atoms with Gasteiger partial charge in [-0.25, -0.2) is 4.39 Å². The summed E-state index contributed by atoms with van der Waals surface area (Å²) in [6.45, 7) is 2.20. The molecule has 0 aliphatic heterocycles. The molecule has 0 atom stereocenters. The van der Waals surface area contributed by atoms with Gasteiger partial charge in [0.15, 0.2) is 0 Å². The summed E-state index contributed by atoms with van der Waals surface area (Å²) in [5.41, 5.74) is 2.27. The Morgan fingerprint density at radius 1 is 1.24 bits per heavy atom. The molecule has 0 radical (unpaired) electrons. The summed E-state index contributed by atoms with van der Waals surface area (Å²) in [4.78, 5) is 11.8. The van der Waals surface area contributed by atoms with Crippen molar-refractivity contribution < 1.29 is 9.18 Å². The molecule has 0 aromatic heterocycles. The highest BCUT2D eigenvalue weighted by Gasteiger charge is 2.05. The number of hydrogen-bond acceptors (Lipinski definition) is 2. The molecule has 0 fully saturated rings. The maximum atomic E-state index is 13.4. The lowest BCUT2D eigenvalue weighted by atomic mass is 10.2. The van der Waals surface area contributed by atoms with E-state index in [1.807, 2.05) is 13.0 Å². The lowest BCUT2D eigenvalue weighted by Crippen LogP contribution is -2.29. The first-order chi connectivity index (χ1) is 10.1. The van der Waals surface area contributed by atoms with Crippen molar-refractivity contribution in [2.45, 2.75) is 13.5 Å². The monoisotopic (exact) mass is 306 g/mol. The summed E-state index contributed by atoms with van der Waals surface area (Å²) in [6.07, 6.45) is 0. The molecule has 2 N–H and O–H groups in total. The predicted octanol–water partition coefficient (Wildman–Crippen LogP) is 3.52. The van der Waals surface area contributed by atoms with Crippen LogP contribution in [0.2, 0.25) is 5.02 Å². The SMILES string of the molecule is Cc1ccc(Cl)cc1NCC(=O)NCc1ccccc1F. The third-order valence-corrected chi connectivity index (χ3v) is 3.31. The van der Waals surface area contributed by atoms with Crippen LogP contribution in [0.25, 0.3) is 0 Å². The Morgan fingerprint density at radius 3 is 2.76 bits per heavy atom. The Bertz CT molecular complexity index is 646. The minimum atomic E-state index is -0.323. The van der Waals surface area contributed by atoms with Crippen molar-refractivity contribution in [2.24, 2.45) is 0 Å². The first-order valence-electron chi connectivity index (χ1n) is 6.56. The molecule has 110 valence electrons. The zero-order valence-corrected chi connectivity index (χ0v) is 12.4. The molecule has 2 aromatic rings. The van der Waals surface area contributed by atoms with Crippen molar-refractivity contribution in [3.63, 3.8) is 0 Å². The summed E-state index contributed by atoms with van der Waals surface area (Å²) < 4.78 is 13.4. The first kappa shape index (κ1) is 15.3. The predicted molar refractivity (Wildman–Crippen MR) is 82.9 cm³/mol. The summed E-state index contributed by atoms with van der Waals surface area (Å²) >= 11 is 5.91. The molecular weight excluding hydrogens is 291 g/mol. The number of hydrogen-bond donors (Lipinski definition) is 2. The zero-order chi connectivity index (χ0) is 15.2. The largest absolute Gasteiger partial charge is 0.376 e. The number of benzene rings is 2. The van der Waals surface area contributed by atoms with Gasteiger partial charge in [0.1, 0.15) is 5.82 Å². The van der Waals surface area contributed by atoms with Gasteiger partial charge in [-0.15, -0.1) is 0 Å². The van der Waals surface area contributed by atoms with Crippen LogP contribution in [0.1, 0.15) is 11.1 Å². The number of carbonyl (C=O) groups excluding carboxylic acids is 1. The summed E-state index contributed by atoms with van der Waals surface area (Å²) in [7, 11) is 0. The van der Waals surface area contributed by atoms with Gasteiger partial charge < -0.3 is 10.6 Å². The number of aryl methyl sites for hydroxylation is 1. The van der Waals surface area contributed by atoms with Crippen LogP contribution in [-0.4, -0.2) is 12.5 Å². The standard InChI is InChI=1S/C16H16ClFN2O/c1-11-6-7-13(17)8-15(11)19-10-16(21)20-9-12-4-2-3-5-14(12)18/h2-8,19H,9-10H2,1H3,(H,20,21). The van der Waals surface area contributed by atoms with Gasteiger partial charge in [-0.1, -0.05) is 35.9 Å². The van der Waals surface area contributed by atoms with Gasteiger partial charge in [0.05, 0.1) is 6.54 Å². The third kappa shape index (κ3) is 4.46. The average Bonchev–Trinajstić information content (AvgIpc) is 2.47. The summed E-state index contributed by atoms with van der Waals surface area (Å²) in [6, 6.07) is 11.8. The molecule has 5 heteroatoms. The highest BCUT2D eigenvalue weighted by molar-refractivity contribution is 6.30. The smallest absolute Gasteiger partial charge is 0.239 e. The number of rotatable bonds is 5. The topological polar surface area (TPSA) is 41.1 Å². The van der Waals surface area contributed by atoms with Crippen LogP contribution in [0, 0.1) is 12.7 Å². The van der Waals surface area contributed by atoms with Crippen molar-refractivity contribution in [1.82, 2.24) is 5.32 Å². The highest BCUT2D eigenvalue weighted by atomic mass is 35.5. The lowest BCUT2D eigenvalue weighted by Gasteiger charge is -2.10. The normalized spacial score (nSPS) is 10.2. The molecule has 0 saturated carbocycles. The minimum Gasteiger partial charge on any atom is -0.376 e. The molecule has 1 amide bonds. The second-order valence-electron chi connectivity index (χ2n) is 4.68. The Balaban J connectivity index is 1.85. The van der Waals surface area contributed by atoms with E-state index in [0.29, 0.717) is 10.6 Å². The van der Waals surface area contributed by atoms with E-state index in [-0.39, 0.29) is 24.8 Å². The van der Waals surface area contributed by atoms with E-state index < -0.39 is 0 Å². The van der Waals surface area contributed by atoms with Gasteiger partial charge in [0.25, 0.3) is 0 Å². The molecule has 0 spiro atoms. The zero-order valence-electron chi connectivity index (χ0n) is 11.6. The molecule has 0 unspecified atom stereocenters. The second kappa shape index (κ2) is 7.09. The van der Waals surface area contributed by atoms with Crippen LogP contribution in [0.15, 0.2) is 42.5 Å². The van der Waals surface area contributed by atoms with E-state index >= 15 is 0 Å². The van der Waals surface area contributed by atoms with E-state index in [1.165, 1.54) is 6.07 Å². The van der Waals surface area contributed by atoms with E-state index in [0.717, 1.165) is 11.3 Å². The molecular formula is C16H16ClFN2O. The van der Waals surface area contributed by atoms with Gasteiger partial charge in [0.2, 0.25) is 5.91 Å². The van der Waals surface area contributed by atoms with Crippen LogP contribution in [0.4, 0.5) is 10.1 Å². The fourth-order valence-electron chi connectivity index (χ4n) is 1.86. The molecule has 0 aliphatic carbocycles. The van der Waals surface area contributed by atoms with Gasteiger partial charge in [-0.2, -0.15) is 0 Å². The molecule has 0 bridgehead atoms. The van der Waals surface area contributed by atoms with Gasteiger partial charge in [-0.05, 0) is 30.7 Å². The van der Waals surface area contributed by atoms with Crippen molar-refractivity contribution in [2.75, 3.05) is 11.9 Å². The van der Waals surface area contributed by atoms with Crippen LogP contribution in [0.3, 0.4) is 0 Å². The van der Waals surface area contributed by atoms with Crippen molar-refractivity contribution in [3.05, 3.63) is 64.4 Å². The van der Waals surface area contributed by atoms with Crippen LogP contribution in [-0.2, 0) is 11.3 Å². The second-order valence-corrected chi connectivity index (χ2v) is 5.12. The van der Waals surface area contributed by atoms with Crippen molar-refractivity contribution in [1.29, 1.82) is 0 Å². The minimum absolute atomic E-state index is 0.107. The van der Waals surface area contributed by atoms with Crippen molar-refractivity contribution >= 4 is 23.2 Å². The molecule has 21 heavy (non-hydrogen) atoms. The van der Waals surface area contributed by atoms with Crippen LogP contribution >= 0.6 is 11.6 Å². The summed E-state index contributed by atoms with van der Waals surface area (Å²) in [5.74, 6) is -0.533. The number of nitrogens with one attached hydrogen (secondary N) is 2. The number of amides is 1. The summed E-state index contributed by atoms with van der Waals surface area (Å²) in [5, 5.41) is 6.29. The highest BCUT2D eigenvalue weighted by Crippen LogP contribution is 2.19. The Hall–Kier alpha value is -2.07. The molecule has 2 aromatic carbocycles. The number of anilines is 1. The van der Waals surface area contributed by atoms with E-state index in [4.69, 9.17) is 11.6 Å². The average molecular weight is 307 g/mol. The Labute approximate surface area is 128 Å². The maximum Gasteiger partial charge on any atom is 0.239 e. The molecule has 0 saturated heterocycles. The van der Waals surface area contributed by atoms with Crippen molar-refractivity contribution in [3.8, 4) is 0 Å². The van der Waals surface area contributed by atoms with E-state index in [2.05, 4.69) is 10.6 Å². The molecule has 0 aliphatic rings. The van der Waals surface area contributed by atoms with Gasteiger partial charge >= 0.3 is 0 Å². The Morgan fingerprint density at radius 2 is 2.00 bits per heavy atom. The van der Waals surface area contributed by atoms with Gasteiger partial charge in [0, 0.05) is 22.8 Å². The third-order valence-electron chi connectivity index (χ3n) is 3.07. The van der Waals surface area contributed by atoms with E-state index in [1.54, 1.807) is 30.3 Å². The van der Waals surface area contributed by atoms with Crippen LogP contribution < -0.4 is 10.6 Å². The fourth-order valence-corrected chi connectivity index (χ4v) is 2.03. The fraction of sp³-hybridized carbons (Fsp3) is 0.188. The maximum absolute atomic E-state index is 13.4. The number of halogens is 2. The molecule has 2 rings (SSSR count). The lowest BCUT2D eigenvalue weighted by molar-refractivity contribution is -0.119.